The molecule has 1 saturated carbocycles. The van der Waals surface area contributed by atoms with Gasteiger partial charge < -0.3 is 10.1 Å². The van der Waals surface area contributed by atoms with Crippen molar-refractivity contribution in [1.82, 2.24) is 5.32 Å². The Bertz CT molecular complexity index is 363. The van der Waals surface area contributed by atoms with Crippen LogP contribution >= 0.6 is 0 Å². The Labute approximate surface area is 111 Å². The SMILES string of the molecule is CNCC1(c2ccc(OC)cc2)CCC(C)CC1. The van der Waals surface area contributed by atoms with Crippen molar-refractivity contribution in [2.75, 3.05) is 20.7 Å². The minimum atomic E-state index is 0.327. The Morgan fingerprint density at radius 1 is 1.22 bits per heavy atom. The Morgan fingerprint density at radius 3 is 2.33 bits per heavy atom. The summed E-state index contributed by atoms with van der Waals surface area (Å²) in [6, 6.07) is 8.66. The van der Waals surface area contributed by atoms with Crippen molar-refractivity contribution in [3.8, 4) is 5.75 Å². The molecular formula is C16H25NO. The minimum absolute atomic E-state index is 0.327. The van der Waals surface area contributed by atoms with E-state index in [4.69, 9.17) is 4.74 Å². The molecule has 1 N–H and O–H groups in total. The summed E-state index contributed by atoms with van der Waals surface area (Å²) in [5, 5.41) is 3.39. The van der Waals surface area contributed by atoms with Crippen LogP contribution in [0.25, 0.3) is 0 Å². The lowest BCUT2D eigenvalue weighted by atomic mass is 9.67. The average molecular weight is 247 g/mol. The molecule has 2 heteroatoms. The van der Waals surface area contributed by atoms with E-state index < -0.39 is 0 Å². The van der Waals surface area contributed by atoms with Crippen LogP contribution in [0.4, 0.5) is 0 Å². The summed E-state index contributed by atoms with van der Waals surface area (Å²) in [4.78, 5) is 0. The van der Waals surface area contributed by atoms with Crippen LogP contribution in [0.3, 0.4) is 0 Å². The van der Waals surface area contributed by atoms with E-state index in [2.05, 4.69) is 43.6 Å². The van der Waals surface area contributed by atoms with E-state index in [1.807, 2.05) is 0 Å². The maximum atomic E-state index is 5.25. The number of hydrogen-bond acceptors (Lipinski definition) is 2. The topological polar surface area (TPSA) is 21.3 Å². The lowest BCUT2D eigenvalue weighted by Gasteiger charge is -2.40. The summed E-state index contributed by atoms with van der Waals surface area (Å²) < 4.78 is 5.25. The maximum absolute atomic E-state index is 5.25. The van der Waals surface area contributed by atoms with E-state index in [1.165, 1.54) is 31.2 Å². The Hall–Kier alpha value is -1.02. The lowest BCUT2D eigenvalue weighted by Crippen LogP contribution is -2.39. The first-order valence-corrected chi connectivity index (χ1v) is 6.99. The molecule has 0 heterocycles. The van der Waals surface area contributed by atoms with Crippen molar-refractivity contribution in [3.63, 3.8) is 0 Å². The first kappa shape index (κ1) is 13.4. The van der Waals surface area contributed by atoms with E-state index in [0.29, 0.717) is 5.41 Å². The first-order chi connectivity index (χ1) is 8.70. The van der Waals surface area contributed by atoms with Crippen LogP contribution in [-0.4, -0.2) is 20.7 Å². The highest BCUT2D eigenvalue weighted by Gasteiger charge is 2.35. The molecule has 1 aliphatic rings. The van der Waals surface area contributed by atoms with Crippen LogP contribution in [0.1, 0.15) is 38.2 Å². The molecule has 0 unspecified atom stereocenters. The van der Waals surface area contributed by atoms with Gasteiger partial charge in [0.2, 0.25) is 0 Å². The van der Waals surface area contributed by atoms with Crippen molar-refractivity contribution < 1.29 is 4.74 Å². The van der Waals surface area contributed by atoms with E-state index in [9.17, 15) is 0 Å². The highest BCUT2D eigenvalue weighted by Crippen LogP contribution is 2.41. The zero-order chi connectivity index (χ0) is 13.0. The number of ether oxygens (including phenoxy) is 1. The molecule has 0 aromatic heterocycles. The van der Waals surface area contributed by atoms with Crippen molar-refractivity contribution in [2.45, 2.75) is 38.0 Å². The smallest absolute Gasteiger partial charge is 0.118 e. The third-order valence-corrected chi connectivity index (χ3v) is 4.45. The number of likely N-dealkylation sites (N-methyl/N-ethyl adjacent to an activating group) is 1. The third-order valence-electron chi connectivity index (χ3n) is 4.45. The van der Waals surface area contributed by atoms with Gasteiger partial charge >= 0.3 is 0 Å². The standard InChI is InChI=1S/C16H25NO/c1-13-8-10-16(11-9-13,12-17-2)14-4-6-15(18-3)7-5-14/h4-7,13,17H,8-12H2,1-3H3. The van der Waals surface area contributed by atoms with E-state index >= 15 is 0 Å². The summed E-state index contributed by atoms with van der Waals surface area (Å²) in [7, 11) is 3.78. The van der Waals surface area contributed by atoms with Crippen LogP contribution in [0.15, 0.2) is 24.3 Å². The minimum Gasteiger partial charge on any atom is -0.497 e. The second-order valence-electron chi connectivity index (χ2n) is 5.72. The van der Waals surface area contributed by atoms with Crippen LogP contribution in [0.2, 0.25) is 0 Å². The predicted octanol–water partition coefficient (Wildman–Crippen LogP) is 3.36. The molecule has 1 aromatic carbocycles. The largest absolute Gasteiger partial charge is 0.497 e. The summed E-state index contributed by atoms with van der Waals surface area (Å²) >= 11 is 0. The van der Waals surface area contributed by atoms with Crippen molar-refractivity contribution in [3.05, 3.63) is 29.8 Å². The molecule has 1 fully saturated rings. The Balaban J connectivity index is 2.22. The molecule has 0 spiro atoms. The monoisotopic (exact) mass is 247 g/mol. The van der Waals surface area contributed by atoms with Gasteiger partial charge in [0.1, 0.15) is 5.75 Å². The predicted molar refractivity (Wildman–Crippen MR) is 76.2 cm³/mol. The number of benzene rings is 1. The first-order valence-electron chi connectivity index (χ1n) is 6.99. The number of hydrogen-bond donors (Lipinski definition) is 1. The normalized spacial score (nSPS) is 28.1. The third kappa shape index (κ3) is 2.69. The average Bonchev–Trinajstić information content (AvgIpc) is 2.42. The second kappa shape index (κ2) is 5.75. The molecule has 0 radical (unpaired) electrons. The number of rotatable bonds is 4. The molecule has 0 aliphatic heterocycles. The molecule has 1 aliphatic carbocycles. The number of nitrogens with one attached hydrogen (secondary N) is 1. The van der Waals surface area contributed by atoms with Crippen LogP contribution in [0, 0.1) is 5.92 Å². The molecule has 100 valence electrons. The molecule has 1 aromatic rings. The highest BCUT2D eigenvalue weighted by molar-refractivity contribution is 5.33. The molecular weight excluding hydrogens is 222 g/mol. The van der Waals surface area contributed by atoms with Crippen LogP contribution in [-0.2, 0) is 5.41 Å². The second-order valence-corrected chi connectivity index (χ2v) is 5.72. The zero-order valence-electron chi connectivity index (χ0n) is 11.8. The molecule has 18 heavy (non-hydrogen) atoms. The van der Waals surface area contributed by atoms with E-state index in [-0.39, 0.29) is 0 Å². The summed E-state index contributed by atoms with van der Waals surface area (Å²) in [5.41, 5.74) is 1.79. The van der Waals surface area contributed by atoms with Crippen molar-refractivity contribution in [1.29, 1.82) is 0 Å². The lowest BCUT2D eigenvalue weighted by molar-refractivity contribution is 0.237. The molecule has 0 bridgehead atoms. The zero-order valence-corrected chi connectivity index (χ0v) is 11.8. The maximum Gasteiger partial charge on any atom is 0.118 e. The summed E-state index contributed by atoms with van der Waals surface area (Å²) in [6.45, 7) is 3.45. The van der Waals surface area contributed by atoms with Gasteiger partial charge in [-0.3, -0.25) is 0 Å². The van der Waals surface area contributed by atoms with Crippen LogP contribution < -0.4 is 10.1 Å². The molecule has 2 rings (SSSR count). The fourth-order valence-electron chi connectivity index (χ4n) is 3.17. The van der Waals surface area contributed by atoms with E-state index in [1.54, 1.807) is 7.11 Å². The Morgan fingerprint density at radius 2 is 1.83 bits per heavy atom. The van der Waals surface area contributed by atoms with E-state index in [0.717, 1.165) is 18.2 Å². The molecule has 0 amide bonds. The van der Waals surface area contributed by atoms with Gasteiger partial charge in [-0.05, 0) is 56.3 Å². The van der Waals surface area contributed by atoms with Gasteiger partial charge in [-0.1, -0.05) is 19.1 Å². The molecule has 0 saturated heterocycles. The Kier molecular flexibility index (Phi) is 4.28. The summed E-state index contributed by atoms with van der Waals surface area (Å²) in [5.74, 6) is 1.83. The fraction of sp³-hybridized carbons (Fsp3) is 0.625. The van der Waals surface area contributed by atoms with Crippen LogP contribution in [0.5, 0.6) is 5.75 Å². The highest BCUT2D eigenvalue weighted by atomic mass is 16.5. The number of methoxy groups -OCH3 is 1. The van der Waals surface area contributed by atoms with Crippen molar-refractivity contribution in [2.24, 2.45) is 5.92 Å². The van der Waals surface area contributed by atoms with Gasteiger partial charge in [0.15, 0.2) is 0 Å². The van der Waals surface area contributed by atoms with Gasteiger partial charge in [-0.25, -0.2) is 0 Å². The van der Waals surface area contributed by atoms with Crippen molar-refractivity contribution >= 4 is 0 Å². The van der Waals surface area contributed by atoms with Gasteiger partial charge in [0.05, 0.1) is 7.11 Å². The van der Waals surface area contributed by atoms with Gasteiger partial charge in [0.25, 0.3) is 0 Å². The van der Waals surface area contributed by atoms with Gasteiger partial charge in [-0.2, -0.15) is 0 Å². The summed E-state index contributed by atoms with van der Waals surface area (Å²) in [6.07, 6.45) is 5.27. The molecule has 2 nitrogen and oxygen atoms in total. The fourth-order valence-corrected chi connectivity index (χ4v) is 3.17. The molecule has 0 atom stereocenters. The van der Waals surface area contributed by atoms with Gasteiger partial charge in [-0.15, -0.1) is 0 Å². The quantitative estimate of drug-likeness (QED) is 0.881. The van der Waals surface area contributed by atoms with Gasteiger partial charge in [0, 0.05) is 12.0 Å².